The van der Waals surface area contributed by atoms with Gasteiger partial charge in [0, 0.05) is 25.2 Å². The molecule has 0 saturated carbocycles. The van der Waals surface area contributed by atoms with E-state index in [1.165, 1.54) is 0 Å². The number of amides is 1. The van der Waals surface area contributed by atoms with Crippen LogP contribution in [0.1, 0.15) is 43.4 Å². The molecule has 3 nitrogen and oxygen atoms in total. The highest BCUT2D eigenvalue weighted by Gasteiger charge is 2.49. The minimum atomic E-state index is -0.400. The maximum absolute atomic E-state index is 14.4. The molecule has 0 bridgehead atoms. The van der Waals surface area contributed by atoms with Gasteiger partial charge >= 0.3 is 0 Å². The zero-order valence-electron chi connectivity index (χ0n) is 15.4. The number of nitrogens with zero attached hydrogens (tertiary/aromatic N) is 1. The van der Waals surface area contributed by atoms with Crippen LogP contribution in [0.5, 0.6) is 0 Å². The van der Waals surface area contributed by atoms with Crippen molar-refractivity contribution in [2.45, 2.75) is 44.2 Å². The number of carbonyl (C=O) groups excluding carboxylic acids is 1. The summed E-state index contributed by atoms with van der Waals surface area (Å²) in [6, 6.07) is 13.6. The number of likely N-dealkylation sites (tertiary alicyclic amines) is 1. The topological polar surface area (TPSA) is 32.3 Å². The average molecular weight is 352 g/mol. The van der Waals surface area contributed by atoms with Crippen molar-refractivity contribution in [3.8, 4) is 11.1 Å². The van der Waals surface area contributed by atoms with Gasteiger partial charge in [0.1, 0.15) is 11.4 Å². The number of hydrogen-bond acceptors (Lipinski definition) is 2. The van der Waals surface area contributed by atoms with Crippen LogP contribution in [0.4, 0.5) is 4.39 Å². The Balaban J connectivity index is 1.62. The van der Waals surface area contributed by atoms with Crippen LogP contribution in [-0.4, -0.2) is 29.9 Å². The smallest absolute Gasteiger partial charge is 0.242 e. The van der Waals surface area contributed by atoms with Gasteiger partial charge in [-0.25, -0.2) is 4.39 Å². The van der Waals surface area contributed by atoms with Crippen molar-refractivity contribution in [1.29, 1.82) is 0 Å². The predicted molar refractivity (Wildman–Crippen MR) is 101 cm³/mol. The molecule has 2 saturated heterocycles. The minimum absolute atomic E-state index is 0.141. The van der Waals surface area contributed by atoms with Crippen molar-refractivity contribution >= 4 is 5.91 Å². The molecule has 2 heterocycles. The van der Waals surface area contributed by atoms with Crippen LogP contribution in [-0.2, 0) is 11.2 Å². The second-order valence-electron chi connectivity index (χ2n) is 7.59. The molecular weight excluding hydrogens is 327 g/mol. The Bertz CT molecular complexity index is 850. The van der Waals surface area contributed by atoms with Gasteiger partial charge < -0.3 is 4.90 Å². The summed E-state index contributed by atoms with van der Waals surface area (Å²) in [4.78, 5) is 14.3. The van der Waals surface area contributed by atoms with Crippen molar-refractivity contribution < 1.29 is 9.18 Å². The van der Waals surface area contributed by atoms with Crippen LogP contribution in [0.2, 0.25) is 0 Å². The summed E-state index contributed by atoms with van der Waals surface area (Å²) in [5.74, 6) is 0.0145. The Morgan fingerprint density at radius 1 is 1.23 bits per heavy atom. The molecule has 1 spiro atoms. The minimum Gasteiger partial charge on any atom is -0.344 e. The van der Waals surface area contributed by atoms with E-state index >= 15 is 0 Å². The van der Waals surface area contributed by atoms with Crippen molar-refractivity contribution in [2.75, 3.05) is 13.6 Å². The normalized spacial score (nSPS) is 25.4. The Kier molecular flexibility index (Phi) is 4.31. The van der Waals surface area contributed by atoms with Crippen LogP contribution in [0.3, 0.4) is 0 Å². The van der Waals surface area contributed by atoms with Crippen LogP contribution >= 0.6 is 0 Å². The first kappa shape index (κ1) is 17.2. The monoisotopic (exact) mass is 352 g/mol. The van der Waals surface area contributed by atoms with Gasteiger partial charge in [-0.15, -0.1) is 0 Å². The van der Waals surface area contributed by atoms with Crippen molar-refractivity contribution in [3.63, 3.8) is 0 Å². The molecule has 26 heavy (non-hydrogen) atoms. The molecule has 4 rings (SSSR count). The molecule has 0 aromatic heterocycles. The lowest BCUT2D eigenvalue weighted by Gasteiger charge is -2.23. The molecule has 2 fully saturated rings. The molecule has 4 heteroatoms. The zero-order valence-corrected chi connectivity index (χ0v) is 15.4. The van der Waals surface area contributed by atoms with Gasteiger partial charge in [-0.05, 0) is 60.6 Å². The fraction of sp³-hybridized carbons (Fsp3) is 0.409. The average Bonchev–Trinajstić information content (AvgIpc) is 3.22. The highest BCUT2D eigenvalue weighted by Crippen LogP contribution is 2.39. The third-order valence-corrected chi connectivity index (χ3v) is 5.98. The summed E-state index contributed by atoms with van der Waals surface area (Å²) in [6.07, 6.45) is 3.55. The summed E-state index contributed by atoms with van der Waals surface area (Å²) in [6.45, 7) is 2.89. The van der Waals surface area contributed by atoms with Crippen LogP contribution in [0, 0.1) is 5.82 Å². The highest BCUT2D eigenvalue weighted by molar-refractivity contribution is 5.88. The van der Waals surface area contributed by atoms with E-state index in [0.29, 0.717) is 5.56 Å². The Morgan fingerprint density at radius 3 is 2.81 bits per heavy atom. The third kappa shape index (κ3) is 2.82. The van der Waals surface area contributed by atoms with E-state index in [9.17, 15) is 9.18 Å². The van der Waals surface area contributed by atoms with Crippen LogP contribution in [0.25, 0.3) is 11.1 Å². The van der Waals surface area contributed by atoms with Gasteiger partial charge in [0.05, 0.1) is 0 Å². The lowest BCUT2D eigenvalue weighted by atomic mass is 9.95. The van der Waals surface area contributed by atoms with Gasteiger partial charge in [0.2, 0.25) is 5.91 Å². The first-order valence-electron chi connectivity index (χ1n) is 9.44. The number of benzene rings is 2. The van der Waals surface area contributed by atoms with E-state index in [-0.39, 0.29) is 17.8 Å². The first-order valence-corrected chi connectivity index (χ1v) is 9.44. The fourth-order valence-electron chi connectivity index (χ4n) is 4.35. The number of nitrogens with one attached hydrogen (secondary N) is 1. The van der Waals surface area contributed by atoms with E-state index in [4.69, 9.17) is 0 Å². The number of halogens is 1. The molecule has 2 aromatic carbocycles. The third-order valence-electron chi connectivity index (χ3n) is 5.98. The second-order valence-corrected chi connectivity index (χ2v) is 7.59. The van der Waals surface area contributed by atoms with Gasteiger partial charge in [-0.1, -0.05) is 31.2 Å². The van der Waals surface area contributed by atoms with E-state index in [2.05, 4.69) is 24.4 Å². The summed E-state index contributed by atoms with van der Waals surface area (Å²) >= 11 is 0. The van der Waals surface area contributed by atoms with Crippen molar-refractivity contribution in [3.05, 3.63) is 59.4 Å². The van der Waals surface area contributed by atoms with Gasteiger partial charge in [0.15, 0.2) is 0 Å². The molecule has 2 aliphatic rings. The molecule has 2 aliphatic heterocycles. The van der Waals surface area contributed by atoms with E-state index in [0.717, 1.165) is 48.9 Å². The first-order chi connectivity index (χ1) is 12.5. The summed E-state index contributed by atoms with van der Waals surface area (Å²) in [7, 11) is 1.87. The maximum Gasteiger partial charge on any atom is 0.242 e. The summed E-state index contributed by atoms with van der Waals surface area (Å²) in [5, 5.41) is 3.59. The lowest BCUT2D eigenvalue weighted by Crippen LogP contribution is -2.47. The van der Waals surface area contributed by atoms with Crippen LogP contribution < -0.4 is 5.32 Å². The molecule has 2 atom stereocenters. The predicted octanol–water partition coefficient (Wildman–Crippen LogP) is 4.08. The van der Waals surface area contributed by atoms with Crippen molar-refractivity contribution in [2.24, 2.45) is 0 Å². The van der Waals surface area contributed by atoms with E-state index < -0.39 is 5.54 Å². The quantitative estimate of drug-likeness (QED) is 0.903. The summed E-state index contributed by atoms with van der Waals surface area (Å²) in [5.41, 5.74) is 3.40. The number of rotatable bonds is 3. The van der Waals surface area contributed by atoms with Crippen LogP contribution in [0.15, 0.2) is 42.5 Å². The maximum atomic E-state index is 14.4. The molecule has 0 radical (unpaired) electrons. The molecule has 1 N–H and O–H groups in total. The number of likely N-dealkylation sites (N-methyl/N-ethyl adjacent to an activating group) is 1. The van der Waals surface area contributed by atoms with Gasteiger partial charge in [-0.3, -0.25) is 10.1 Å². The summed E-state index contributed by atoms with van der Waals surface area (Å²) < 4.78 is 14.4. The zero-order chi connectivity index (χ0) is 18.3. The fourth-order valence-corrected chi connectivity index (χ4v) is 4.35. The SMILES string of the molecule is CCc1ccc(F)c(-c2cccc([C@@H]3CC[C@@]4(CCN(C)C4=O)N3)c2)c1. The largest absolute Gasteiger partial charge is 0.344 e. The Hall–Kier alpha value is -2.20. The second kappa shape index (κ2) is 6.51. The molecule has 136 valence electrons. The Morgan fingerprint density at radius 2 is 2.08 bits per heavy atom. The number of hydrogen-bond donors (Lipinski definition) is 1. The van der Waals surface area contributed by atoms with Gasteiger partial charge in [-0.2, -0.15) is 0 Å². The van der Waals surface area contributed by atoms with Crippen molar-refractivity contribution in [1.82, 2.24) is 10.2 Å². The Labute approximate surface area is 154 Å². The van der Waals surface area contributed by atoms with E-state index in [1.54, 1.807) is 6.07 Å². The number of carbonyl (C=O) groups is 1. The molecule has 0 aliphatic carbocycles. The van der Waals surface area contributed by atoms with Gasteiger partial charge in [0.25, 0.3) is 0 Å². The van der Waals surface area contributed by atoms with E-state index in [1.807, 2.05) is 36.2 Å². The molecule has 1 amide bonds. The molecule has 0 unspecified atom stereocenters. The lowest BCUT2D eigenvalue weighted by molar-refractivity contribution is -0.131. The highest BCUT2D eigenvalue weighted by atomic mass is 19.1. The molecule has 2 aromatic rings. The molecular formula is C22H25FN2O. The standard InChI is InChI=1S/C22H25FN2O/c1-3-15-7-8-19(23)18(13-15)16-5-4-6-17(14-16)20-9-10-22(24-20)11-12-25(2)21(22)26/h4-8,13-14,20,24H,3,9-12H2,1-2H3/t20-,22-/m0/s1. The number of aryl methyl sites for hydroxylation is 1.